The number of fused-ring (bicyclic) bond motifs is 1. The average molecular weight is 365 g/mol. The summed E-state index contributed by atoms with van der Waals surface area (Å²) in [5.41, 5.74) is 2.66. The number of pyridine rings is 1. The second kappa shape index (κ2) is 6.83. The van der Waals surface area contributed by atoms with E-state index in [1.165, 1.54) is 6.92 Å². The van der Waals surface area contributed by atoms with E-state index in [-0.39, 0.29) is 0 Å². The number of para-hydroxylation sites is 1. The van der Waals surface area contributed by atoms with E-state index in [2.05, 4.69) is 15.5 Å². The Balaban J connectivity index is 1.55. The van der Waals surface area contributed by atoms with Gasteiger partial charge < -0.3 is 14.6 Å². The fourth-order valence-electron chi connectivity index (χ4n) is 2.91. The first-order valence-electron chi connectivity index (χ1n) is 8.86. The van der Waals surface area contributed by atoms with E-state index in [9.17, 15) is 9.59 Å². The number of benzene rings is 1. The summed E-state index contributed by atoms with van der Waals surface area (Å²) in [4.78, 5) is 29.5. The van der Waals surface area contributed by atoms with E-state index < -0.39 is 18.0 Å². The molecule has 1 fully saturated rings. The normalized spacial score (nSPS) is 14.7. The molecule has 0 saturated heterocycles. The molecule has 0 spiro atoms. The Bertz CT molecular complexity index is 1010. The van der Waals surface area contributed by atoms with E-state index in [0.29, 0.717) is 34.0 Å². The van der Waals surface area contributed by atoms with Gasteiger partial charge in [-0.1, -0.05) is 23.4 Å². The summed E-state index contributed by atoms with van der Waals surface area (Å²) in [6.45, 7) is 3.28. The molecule has 1 N–H and O–H groups in total. The number of aromatic nitrogens is 2. The molecule has 7 nitrogen and oxygen atoms in total. The second-order valence-corrected chi connectivity index (χ2v) is 6.72. The molecule has 2 heterocycles. The van der Waals surface area contributed by atoms with Gasteiger partial charge in [-0.25, -0.2) is 9.78 Å². The van der Waals surface area contributed by atoms with Crippen molar-refractivity contribution in [1.29, 1.82) is 0 Å². The Morgan fingerprint density at radius 1 is 1.26 bits per heavy atom. The van der Waals surface area contributed by atoms with Gasteiger partial charge >= 0.3 is 5.97 Å². The highest BCUT2D eigenvalue weighted by Gasteiger charge is 2.30. The Kier molecular flexibility index (Phi) is 4.35. The van der Waals surface area contributed by atoms with Crippen LogP contribution in [0.4, 0.5) is 5.69 Å². The number of ether oxygens (including phenoxy) is 1. The highest BCUT2D eigenvalue weighted by Crippen LogP contribution is 2.40. The standard InChI is InChI=1S/C20H19N3O4/c1-11-17-15(10-16(13-8-9-13)22-19(17)27-23-11)20(25)26-12(2)18(24)21-14-6-4-3-5-7-14/h3-7,10,12-13H,8-9H2,1-2H3,(H,21,24)/t12-/m1/s1. The molecule has 1 atom stereocenters. The van der Waals surface area contributed by atoms with E-state index in [0.717, 1.165) is 18.5 Å². The number of anilines is 1. The number of esters is 1. The van der Waals surface area contributed by atoms with Gasteiger partial charge in [0.1, 0.15) is 0 Å². The molecule has 0 aliphatic heterocycles. The van der Waals surface area contributed by atoms with Crippen LogP contribution in [0.2, 0.25) is 0 Å². The second-order valence-electron chi connectivity index (χ2n) is 6.72. The van der Waals surface area contributed by atoms with Crippen LogP contribution < -0.4 is 5.32 Å². The van der Waals surface area contributed by atoms with Gasteiger partial charge in [0.15, 0.2) is 6.10 Å². The predicted octanol–water partition coefficient (Wildman–Crippen LogP) is 3.59. The number of hydrogen-bond acceptors (Lipinski definition) is 6. The van der Waals surface area contributed by atoms with Gasteiger partial charge in [-0.05, 0) is 44.9 Å². The van der Waals surface area contributed by atoms with E-state index in [4.69, 9.17) is 9.26 Å². The average Bonchev–Trinajstić information content (AvgIpc) is 3.45. The third-order valence-corrected chi connectivity index (χ3v) is 4.55. The van der Waals surface area contributed by atoms with Gasteiger partial charge in [0.2, 0.25) is 0 Å². The quantitative estimate of drug-likeness (QED) is 0.694. The zero-order valence-electron chi connectivity index (χ0n) is 15.1. The van der Waals surface area contributed by atoms with Crippen molar-refractivity contribution >= 4 is 28.7 Å². The summed E-state index contributed by atoms with van der Waals surface area (Å²) < 4.78 is 10.7. The molecule has 0 bridgehead atoms. The van der Waals surface area contributed by atoms with Crippen molar-refractivity contribution in [3.8, 4) is 0 Å². The summed E-state index contributed by atoms with van der Waals surface area (Å²) in [7, 11) is 0. The summed E-state index contributed by atoms with van der Waals surface area (Å²) in [6, 6.07) is 10.7. The largest absolute Gasteiger partial charge is 0.449 e. The zero-order valence-corrected chi connectivity index (χ0v) is 15.1. The molecule has 1 saturated carbocycles. The summed E-state index contributed by atoms with van der Waals surface area (Å²) in [5.74, 6) is -0.652. The van der Waals surface area contributed by atoms with Crippen molar-refractivity contribution in [2.75, 3.05) is 5.32 Å². The number of rotatable bonds is 5. The molecule has 4 rings (SSSR count). The van der Waals surface area contributed by atoms with Crippen LogP contribution in [-0.4, -0.2) is 28.1 Å². The Morgan fingerprint density at radius 3 is 2.70 bits per heavy atom. The Hall–Kier alpha value is -3.22. The summed E-state index contributed by atoms with van der Waals surface area (Å²) >= 11 is 0. The lowest BCUT2D eigenvalue weighted by atomic mass is 10.1. The van der Waals surface area contributed by atoms with Crippen molar-refractivity contribution in [1.82, 2.24) is 10.1 Å². The van der Waals surface area contributed by atoms with Crippen LogP contribution >= 0.6 is 0 Å². The van der Waals surface area contributed by atoms with Crippen LogP contribution in [0.1, 0.15) is 47.4 Å². The lowest BCUT2D eigenvalue weighted by Gasteiger charge is -2.14. The highest BCUT2D eigenvalue weighted by molar-refractivity contribution is 6.04. The minimum Gasteiger partial charge on any atom is -0.449 e. The minimum absolute atomic E-state index is 0.324. The van der Waals surface area contributed by atoms with Crippen LogP contribution in [0.15, 0.2) is 40.9 Å². The van der Waals surface area contributed by atoms with Crippen molar-refractivity contribution in [2.24, 2.45) is 0 Å². The van der Waals surface area contributed by atoms with Gasteiger partial charge in [0, 0.05) is 17.3 Å². The molecule has 138 valence electrons. The molecule has 3 aromatic rings. The van der Waals surface area contributed by atoms with Gasteiger partial charge in [0.25, 0.3) is 11.6 Å². The summed E-state index contributed by atoms with van der Waals surface area (Å²) in [6.07, 6.45) is 1.12. The zero-order chi connectivity index (χ0) is 19.0. The lowest BCUT2D eigenvalue weighted by Crippen LogP contribution is -2.30. The van der Waals surface area contributed by atoms with Gasteiger partial charge in [-0.2, -0.15) is 0 Å². The molecule has 27 heavy (non-hydrogen) atoms. The number of amides is 1. The van der Waals surface area contributed by atoms with Crippen LogP contribution in [-0.2, 0) is 9.53 Å². The molecule has 0 radical (unpaired) electrons. The van der Waals surface area contributed by atoms with E-state index in [1.807, 2.05) is 18.2 Å². The number of hydrogen-bond donors (Lipinski definition) is 1. The number of nitrogens with zero attached hydrogens (tertiary/aromatic N) is 2. The van der Waals surface area contributed by atoms with Crippen LogP contribution in [0.5, 0.6) is 0 Å². The Morgan fingerprint density at radius 2 is 2.00 bits per heavy atom. The molecule has 1 aliphatic carbocycles. The number of nitrogens with one attached hydrogen (secondary N) is 1. The van der Waals surface area contributed by atoms with Gasteiger partial charge in [-0.15, -0.1) is 0 Å². The first-order chi connectivity index (χ1) is 13.0. The van der Waals surface area contributed by atoms with E-state index in [1.54, 1.807) is 25.1 Å². The molecular weight excluding hydrogens is 346 g/mol. The number of carbonyl (C=O) groups excluding carboxylic acids is 2. The molecule has 7 heteroatoms. The van der Waals surface area contributed by atoms with Crippen molar-refractivity contribution in [2.45, 2.75) is 38.7 Å². The monoisotopic (exact) mass is 365 g/mol. The minimum atomic E-state index is -0.953. The van der Waals surface area contributed by atoms with Crippen LogP contribution in [0.3, 0.4) is 0 Å². The topological polar surface area (TPSA) is 94.3 Å². The van der Waals surface area contributed by atoms with Gasteiger partial charge in [0.05, 0.1) is 16.6 Å². The molecule has 1 amide bonds. The van der Waals surface area contributed by atoms with Crippen LogP contribution in [0.25, 0.3) is 11.1 Å². The first kappa shape index (κ1) is 17.2. The fraction of sp³-hybridized carbons (Fsp3) is 0.300. The third-order valence-electron chi connectivity index (χ3n) is 4.55. The smallest absolute Gasteiger partial charge is 0.339 e. The molecule has 2 aromatic heterocycles. The molecule has 1 aliphatic rings. The predicted molar refractivity (Wildman–Crippen MR) is 98.5 cm³/mol. The number of aryl methyl sites for hydroxylation is 1. The fourth-order valence-corrected chi connectivity index (χ4v) is 2.91. The number of carbonyl (C=O) groups is 2. The maximum absolute atomic E-state index is 12.8. The van der Waals surface area contributed by atoms with Crippen LogP contribution in [0, 0.1) is 6.92 Å². The van der Waals surface area contributed by atoms with Crippen molar-refractivity contribution < 1.29 is 18.8 Å². The maximum atomic E-state index is 12.8. The maximum Gasteiger partial charge on any atom is 0.339 e. The Labute approximate surface area is 155 Å². The van der Waals surface area contributed by atoms with E-state index >= 15 is 0 Å². The first-order valence-corrected chi connectivity index (χ1v) is 8.86. The highest BCUT2D eigenvalue weighted by atomic mass is 16.5. The lowest BCUT2D eigenvalue weighted by molar-refractivity contribution is -0.123. The van der Waals surface area contributed by atoms with Crippen molar-refractivity contribution in [3.63, 3.8) is 0 Å². The molecule has 1 aromatic carbocycles. The van der Waals surface area contributed by atoms with Gasteiger partial charge in [-0.3, -0.25) is 4.79 Å². The molecular formula is C20H19N3O4. The SMILES string of the molecule is Cc1noc2nc(C3CC3)cc(C(=O)O[C@H](C)C(=O)Nc3ccccc3)c12. The third kappa shape index (κ3) is 3.53. The van der Waals surface area contributed by atoms with Crippen molar-refractivity contribution in [3.05, 3.63) is 53.3 Å². The molecule has 0 unspecified atom stereocenters. The summed E-state index contributed by atoms with van der Waals surface area (Å²) in [5, 5.41) is 7.16.